The predicted octanol–water partition coefficient (Wildman–Crippen LogP) is 10.6. The van der Waals surface area contributed by atoms with Crippen LogP contribution in [0.2, 0.25) is 0 Å². The first-order valence-corrected chi connectivity index (χ1v) is 20.8. The Morgan fingerprint density at radius 3 is 1.90 bits per heavy atom. The standard InChI is InChI=1S/C40H69O9P/c1-4-6-7-8-9-10-11-12-13-17-20-23-26-30-37(41)31-28-33-40(43)49-38(35-48-50(44,45)46)34-47-39(42)32-27-24-21-18-15-14-16-19-22-25-29-36(3)5-2/h9-10,12-13,20,23,26,30,36,38H,4-8,11,14-19,21-22,24-25,27-29,31-35H2,1-3H3,(H2,44,45,46)/b10-9-,13-12-,23-20-,30-26+/t36?,38-/m1/s1. The first kappa shape index (κ1) is 47.7. The highest BCUT2D eigenvalue weighted by Crippen LogP contribution is 2.36. The molecule has 2 atom stereocenters. The van der Waals surface area contributed by atoms with E-state index in [1.807, 2.05) is 12.2 Å². The highest BCUT2D eigenvalue weighted by atomic mass is 31.2. The molecule has 0 spiro atoms. The Balaban J connectivity index is 4.19. The lowest BCUT2D eigenvalue weighted by molar-refractivity contribution is -0.161. The summed E-state index contributed by atoms with van der Waals surface area (Å²) >= 11 is 0. The minimum Gasteiger partial charge on any atom is -0.462 e. The predicted molar refractivity (Wildman–Crippen MR) is 202 cm³/mol. The molecule has 9 nitrogen and oxygen atoms in total. The van der Waals surface area contributed by atoms with Crippen molar-refractivity contribution in [3.8, 4) is 0 Å². The SMILES string of the molecule is CCCCC/C=C\C/C=C\C/C=C\C=C\C(=O)CCCC(=O)O[C@H](COC(=O)CCCCCCCCCCCCC(C)CC)COP(=O)(O)O. The summed E-state index contributed by atoms with van der Waals surface area (Å²) in [6, 6.07) is 0. The van der Waals surface area contributed by atoms with Crippen LogP contribution >= 0.6 is 7.82 Å². The molecule has 1 unspecified atom stereocenters. The molecule has 0 rings (SSSR count). The number of esters is 2. The van der Waals surface area contributed by atoms with E-state index in [0.717, 1.165) is 44.4 Å². The van der Waals surface area contributed by atoms with E-state index < -0.39 is 32.5 Å². The number of carbonyl (C=O) groups is 3. The van der Waals surface area contributed by atoms with Crippen LogP contribution < -0.4 is 0 Å². The molecule has 0 aliphatic carbocycles. The quantitative estimate of drug-likeness (QED) is 0.0166. The van der Waals surface area contributed by atoms with Gasteiger partial charge in [0.15, 0.2) is 11.9 Å². The Labute approximate surface area is 303 Å². The fourth-order valence-electron chi connectivity index (χ4n) is 5.07. The highest BCUT2D eigenvalue weighted by molar-refractivity contribution is 7.46. The average molecular weight is 725 g/mol. The lowest BCUT2D eigenvalue weighted by atomic mass is 9.99. The largest absolute Gasteiger partial charge is 0.469 e. The van der Waals surface area contributed by atoms with Gasteiger partial charge in [-0.15, -0.1) is 0 Å². The zero-order chi connectivity index (χ0) is 37.1. The van der Waals surface area contributed by atoms with Gasteiger partial charge in [0.1, 0.15) is 6.61 Å². The zero-order valence-electron chi connectivity index (χ0n) is 31.4. The Hall–Kier alpha value is -2.32. The molecular formula is C40H69O9P. The molecule has 50 heavy (non-hydrogen) atoms. The minimum atomic E-state index is -4.82. The maximum atomic E-state index is 12.3. The average Bonchev–Trinajstić information content (AvgIpc) is 3.07. The molecule has 0 fully saturated rings. The van der Waals surface area contributed by atoms with Crippen molar-refractivity contribution in [2.75, 3.05) is 13.2 Å². The van der Waals surface area contributed by atoms with Gasteiger partial charge in [0, 0.05) is 19.3 Å². The molecule has 0 amide bonds. The molecule has 2 N–H and O–H groups in total. The molecule has 0 bridgehead atoms. The number of ketones is 1. The fourth-order valence-corrected chi connectivity index (χ4v) is 5.43. The van der Waals surface area contributed by atoms with Crippen molar-refractivity contribution in [2.24, 2.45) is 5.92 Å². The molecule has 288 valence electrons. The number of ether oxygens (including phenoxy) is 2. The van der Waals surface area contributed by atoms with Crippen molar-refractivity contribution in [1.82, 2.24) is 0 Å². The third kappa shape index (κ3) is 35.5. The van der Waals surface area contributed by atoms with E-state index in [1.54, 1.807) is 6.08 Å². The van der Waals surface area contributed by atoms with Gasteiger partial charge in [-0.2, -0.15) is 0 Å². The van der Waals surface area contributed by atoms with Crippen LogP contribution in [-0.4, -0.2) is 46.8 Å². The summed E-state index contributed by atoms with van der Waals surface area (Å²) in [5.41, 5.74) is 0. The third-order valence-electron chi connectivity index (χ3n) is 8.37. The second kappa shape index (κ2) is 33.8. The molecule has 10 heteroatoms. The van der Waals surface area contributed by atoms with Crippen LogP contribution in [-0.2, 0) is 32.9 Å². The Kier molecular flexibility index (Phi) is 32.2. The monoisotopic (exact) mass is 724 g/mol. The van der Waals surface area contributed by atoms with Gasteiger partial charge in [-0.1, -0.05) is 147 Å². The number of phosphoric ester groups is 1. The van der Waals surface area contributed by atoms with E-state index in [4.69, 9.17) is 19.3 Å². The van der Waals surface area contributed by atoms with Gasteiger partial charge in [0.2, 0.25) is 0 Å². The van der Waals surface area contributed by atoms with Crippen molar-refractivity contribution < 1.29 is 42.7 Å². The molecular weight excluding hydrogens is 655 g/mol. The zero-order valence-corrected chi connectivity index (χ0v) is 32.3. The first-order valence-electron chi connectivity index (χ1n) is 19.3. The van der Waals surface area contributed by atoms with Crippen LogP contribution in [0.5, 0.6) is 0 Å². The van der Waals surface area contributed by atoms with Gasteiger partial charge in [-0.25, -0.2) is 4.57 Å². The molecule has 0 aromatic carbocycles. The van der Waals surface area contributed by atoms with Crippen LogP contribution in [0.15, 0.2) is 48.6 Å². The fraction of sp³-hybridized carbons (Fsp3) is 0.725. The second-order valence-electron chi connectivity index (χ2n) is 13.2. The van der Waals surface area contributed by atoms with Crippen LogP contribution in [0.3, 0.4) is 0 Å². The van der Waals surface area contributed by atoms with Crippen molar-refractivity contribution in [3.05, 3.63) is 48.6 Å². The maximum Gasteiger partial charge on any atom is 0.469 e. The number of hydrogen-bond donors (Lipinski definition) is 2. The number of unbranched alkanes of at least 4 members (excludes halogenated alkanes) is 12. The van der Waals surface area contributed by atoms with E-state index in [9.17, 15) is 18.9 Å². The smallest absolute Gasteiger partial charge is 0.462 e. The number of allylic oxidation sites excluding steroid dienone is 8. The van der Waals surface area contributed by atoms with Gasteiger partial charge in [-0.05, 0) is 50.5 Å². The van der Waals surface area contributed by atoms with Gasteiger partial charge in [0.05, 0.1) is 6.61 Å². The first-order chi connectivity index (χ1) is 24.1. The molecule has 0 aromatic heterocycles. The minimum absolute atomic E-state index is 0.0775. The van der Waals surface area contributed by atoms with Crippen LogP contribution in [0.1, 0.15) is 162 Å². The molecule has 0 saturated heterocycles. The summed E-state index contributed by atoms with van der Waals surface area (Å²) in [7, 11) is -4.82. The molecule has 0 aliphatic rings. The van der Waals surface area contributed by atoms with Crippen molar-refractivity contribution >= 4 is 25.5 Å². The van der Waals surface area contributed by atoms with Crippen molar-refractivity contribution in [1.29, 1.82) is 0 Å². The summed E-state index contributed by atoms with van der Waals surface area (Å²) < 4.78 is 26.1. The molecule has 0 radical (unpaired) electrons. The van der Waals surface area contributed by atoms with Gasteiger partial charge < -0.3 is 19.3 Å². The Bertz CT molecular complexity index is 1030. The van der Waals surface area contributed by atoms with Gasteiger partial charge in [0.25, 0.3) is 0 Å². The molecule has 0 heterocycles. The molecule has 0 aliphatic heterocycles. The Morgan fingerprint density at radius 1 is 0.660 bits per heavy atom. The van der Waals surface area contributed by atoms with Crippen molar-refractivity contribution in [2.45, 2.75) is 168 Å². The summed E-state index contributed by atoms with van der Waals surface area (Å²) in [4.78, 5) is 54.8. The summed E-state index contributed by atoms with van der Waals surface area (Å²) in [6.45, 7) is 5.77. The number of rotatable bonds is 34. The van der Waals surface area contributed by atoms with E-state index in [-0.39, 0.29) is 38.1 Å². The van der Waals surface area contributed by atoms with Crippen LogP contribution in [0.4, 0.5) is 0 Å². The lowest BCUT2D eigenvalue weighted by Crippen LogP contribution is -2.29. The molecule has 0 aromatic rings. The third-order valence-corrected chi connectivity index (χ3v) is 8.85. The Morgan fingerprint density at radius 2 is 1.26 bits per heavy atom. The number of hydrogen-bond acceptors (Lipinski definition) is 7. The number of carbonyl (C=O) groups excluding carboxylic acids is 3. The van der Waals surface area contributed by atoms with Gasteiger partial charge >= 0.3 is 19.8 Å². The second-order valence-corrected chi connectivity index (χ2v) is 14.4. The summed E-state index contributed by atoms with van der Waals surface area (Å²) in [5, 5.41) is 0. The maximum absolute atomic E-state index is 12.3. The summed E-state index contributed by atoms with van der Waals surface area (Å²) in [6.07, 6.45) is 35.5. The number of phosphoric acid groups is 1. The van der Waals surface area contributed by atoms with Crippen molar-refractivity contribution in [3.63, 3.8) is 0 Å². The lowest BCUT2D eigenvalue weighted by Gasteiger charge is -2.18. The molecule has 0 saturated carbocycles. The normalized spacial score (nSPS) is 13.5. The van der Waals surface area contributed by atoms with E-state index in [2.05, 4.69) is 49.6 Å². The summed E-state index contributed by atoms with van der Waals surface area (Å²) in [5.74, 6) is -0.438. The van der Waals surface area contributed by atoms with Crippen LogP contribution in [0.25, 0.3) is 0 Å². The topological polar surface area (TPSA) is 136 Å². The van der Waals surface area contributed by atoms with E-state index in [1.165, 1.54) is 76.7 Å². The van der Waals surface area contributed by atoms with E-state index >= 15 is 0 Å². The van der Waals surface area contributed by atoms with E-state index in [0.29, 0.717) is 6.42 Å². The van der Waals surface area contributed by atoms with Gasteiger partial charge in [-0.3, -0.25) is 18.9 Å². The van der Waals surface area contributed by atoms with Crippen LogP contribution in [0, 0.1) is 5.92 Å². The highest BCUT2D eigenvalue weighted by Gasteiger charge is 2.23.